The minimum absolute atomic E-state index is 0. The number of rotatable bonds is 0. The largest absolute Gasteiger partial charge is 3.00 e. The molecule has 0 atom stereocenters. The fourth-order valence-electron chi connectivity index (χ4n) is 0. The molecule has 11 heteroatoms. The van der Waals surface area contributed by atoms with Gasteiger partial charge in [0.15, 0.2) is 19.8 Å². The van der Waals surface area contributed by atoms with Crippen LogP contribution in [-0.2, 0) is 20.9 Å². The van der Waals surface area contributed by atoms with Crippen LogP contribution < -0.4 is 0 Å². The van der Waals surface area contributed by atoms with Crippen LogP contribution in [0.3, 0.4) is 0 Å². The van der Waals surface area contributed by atoms with Crippen molar-refractivity contribution >= 4 is 64.6 Å². The van der Waals surface area contributed by atoms with E-state index < -0.39 is 0 Å². The third kappa shape index (κ3) is 1260. The zero-order chi connectivity index (χ0) is 6.00. The summed E-state index contributed by atoms with van der Waals surface area (Å²) in [7, 11) is 3.44. The van der Waals surface area contributed by atoms with Gasteiger partial charge < -0.3 is 20.9 Å². The van der Waals surface area contributed by atoms with Crippen LogP contribution in [0.25, 0.3) is 0 Å². The van der Waals surface area contributed by atoms with Crippen LogP contribution in [0, 0.1) is 9.77 Å². The Balaban J connectivity index is -0.00000000167. The fraction of sp³-hybridized carbons (Fsp3) is 0. The van der Waals surface area contributed by atoms with Gasteiger partial charge in [-0.25, -0.2) is 0 Å². The summed E-state index contributed by atoms with van der Waals surface area (Å²) in [6.07, 6.45) is 0. The summed E-state index contributed by atoms with van der Waals surface area (Å²) in [6.45, 7) is 0. The zero-order valence-corrected chi connectivity index (χ0v) is 11.6. The quantitative estimate of drug-likeness (QED) is 0.401. The summed E-state index contributed by atoms with van der Waals surface area (Å²) in [5.41, 5.74) is 0. The van der Waals surface area contributed by atoms with E-state index in [9.17, 15) is 0 Å². The molecule has 0 rings (SSSR count). The van der Waals surface area contributed by atoms with Gasteiger partial charge in [-0.2, -0.15) is 0 Å². The molecule has 0 saturated heterocycles. The number of hydrogen-bond donors (Lipinski definition) is 0. The summed E-state index contributed by atoms with van der Waals surface area (Å²) in [6, 6.07) is 0. The van der Waals surface area contributed by atoms with E-state index >= 15 is 0 Å². The maximum absolute atomic E-state index is 8.28. The van der Waals surface area contributed by atoms with E-state index in [-0.39, 0.29) is 51.2 Å². The fourth-order valence-corrected chi connectivity index (χ4v) is 0. The van der Waals surface area contributed by atoms with Gasteiger partial charge in [0.1, 0.15) is 0 Å². The van der Waals surface area contributed by atoms with Crippen LogP contribution >= 0.6 is 0 Å². The molecule has 0 bridgehead atoms. The molecule has 6 nitrogen and oxygen atoms in total. The van der Waals surface area contributed by atoms with Crippen molar-refractivity contribution in [2.24, 2.45) is 0 Å². The first-order valence-corrected chi connectivity index (χ1v) is 2.42. The molecule has 0 amide bonds. The second kappa shape index (κ2) is 1570. The summed E-state index contributed by atoms with van der Waals surface area (Å²) in [5, 5.41) is 0. The molecule has 56 valence electrons. The van der Waals surface area contributed by atoms with Gasteiger partial charge in [-0.15, -0.1) is 0 Å². The zero-order valence-electron chi connectivity index (χ0n) is 5.54. The van der Waals surface area contributed by atoms with E-state index in [1.807, 2.05) is 0 Å². The minimum atomic E-state index is 0. The summed E-state index contributed by atoms with van der Waals surface area (Å²) >= 11 is 0. The van der Waals surface area contributed by atoms with E-state index in [2.05, 4.69) is 0 Å². The number of nitrogens with zero attached hydrogens (tertiary/aromatic N) is 2. The van der Waals surface area contributed by atoms with E-state index in [4.69, 9.17) is 14.2 Å². The Labute approximate surface area is 95.1 Å². The average Bonchev–Trinajstić information content (AvgIpc) is 1.81. The van der Waals surface area contributed by atoms with Gasteiger partial charge in [-0.05, 0) is 0 Å². The molecule has 0 unspecified atom stereocenters. The van der Waals surface area contributed by atoms with Crippen LogP contribution in [0.1, 0.15) is 0 Å². The van der Waals surface area contributed by atoms with Gasteiger partial charge in [0.25, 0.3) is 0 Å². The van der Waals surface area contributed by atoms with Crippen molar-refractivity contribution in [3.8, 4) is 0 Å². The Morgan fingerprint density at radius 2 is 0.727 bits per heavy atom. The van der Waals surface area contributed by atoms with Crippen LogP contribution in [0.15, 0.2) is 0 Å². The Kier molecular flexibility index (Phi) is 13500. The first-order valence-electron chi connectivity index (χ1n) is 0.805. The van der Waals surface area contributed by atoms with Crippen molar-refractivity contribution in [1.29, 1.82) is 9.77 Å². The molecular weight excluding hydrogens is 230 g/mol. The average molecular weight is 234 g/mol. The van der Waals surface area contributed by atoms with Gasteiger partial charge in [-0.1, -0.05) is 0 Å². The first-order chi connectivity index (χ1) is 3.00. The first kappa shape index (κ1) is 94.9. The van der Waals surface area contributed by atoms with E-state index in [1.54, 1.807) is 0 Å². The molecule has 0 aromatic heterocycles. The standard InChI is InChI=1S/2Al.2HNSi.H2OSi.3O/c;;3*1-2;;;/h;;2*2H;2H2;;;/q2*+3;;;;3*-2. The molecule has 0 saturated carbocycles. The van der Waals surface area contributed by atoms with Gasteiger partial charge >= 0.3 is 34.7 Å². The molecule has 0 aromatic carbocycles. The molecule has 0 N–H and O–H groups in total. The normalized spacial score (nSPS) is 0.727. The Hall–Kier alpha value is 0.816. The van der Waals surface area contributed by atoms with Gasteiger partial charge in [0.05, 0.1) is 0 Å². The SMILES string of the molecule is N#[SiH].N#[SiH].O=[SiH2].[Al+3].[Al+3].[O-2].[O-2].[O-2]. The third-order valence-electron chi connectivity index (χ3n) is 0. The number of hydrogen-bond acceptors (Lipinski definition) is 3. The molecule has 0 aromatic rings. The summed E-state index contributed by atoms with van der Waals surface area (Å²) in [4.78, 5) is 13.8. The summed E-state index contributed by atoms with van der Waals surface area (Å²) < 4.78 is 8.28. The van der Waals surface area contributed by atoms with Crippen molar-refractivity contribution in [3.63, 3.8) is 0 Å². The third-order valence-corrected chi connectivity index (χ3v) is 0. The second-order valence-corrected chi connectivity index (χ2v) is 0. The maximum atomic E-state index is 8.28. The van der Waals surface area contributed by atoms with Gasteiger partial charge in [0.2, 0.25) is 10.1 Å². The summed E-state index contributed by atoms with van der Waals surface area (Å²) in [5.74, 6) is 0. The molecule has 0 radical (unpaired) electrons. The van der Waals surface area contributed by atoms with E-state index in [0.29, 0.717) is 10.1 Å². The van der Waals surface area contributed by atoms with Crippen molar-refractivity contribution in [2.75, 3.05) is 0 Å². The molecule has 0 aliphatic heterocycles. The maximum Gasteiger partial charge on any atom is 3.00 e. The predicted molar refractivity (Wildman–Crippen MR) is 40.5 cm³/mol. The van der Waals surface area contributed by atoms with E-state index in [0.717, 1.165) is 0 Å². The topological polar surface area (TPSA) is 150 Å². The smallest absolute Gasteiger partial charge is 2.00 e. The molecule has 0 spiro atoms. The predicted octanol–water partition coefficient (Wildman–Crippen LogP) is -3.42. The second-order valence-electron chi connectivity index (χ2n) is 0. The van der Waals surface area contributed by atoms with Gasteiger partial charge in [0, 0.05) is 0 Å². The Morgan fingerprint density at radius 1 is 0.727 bits per heavy atom. The van der Waals surface area contributed by atoms with E-state index in [1.165, 1.54) is 19.8 Å². The molecule has 0 aliphatic rings. The van der Waals surface area contributed by atoms with Crippen LogP contribution in [0.2, 0.25) is 0 Å². The molecule has 0 fully saturated rings. The van der Waals surface area contributed by atoms with Gasteiger partial charge in [-0.3, -0.25) is 9.77 Å². The van der Waals surface area contributed by atoms with Crippen molar-refractivity contribution < 1.29 is 20.9 Å². The Bertz CT molecular complexity index is 45.1. The molecule has 11 heavy (non-hydrogen) atoms. The molecular formula is H4Al2N2O4Si3. The van der Waals surface area contributed by atoms with Crippen molar-refractivity contribution in [3.05, 3.63) is 0 Å². The molecule has 0 heterocycles. The monoisotopic (exact) mass is 234 g/mol. The van der Waals surface area contributed by atoms with Crippen LogP contribution in [-0.4, -0.2) is 64.6 Å². The van der Waals surface area contributed by atoms with Crippen LogP contribution in [0.4, 0.5) is 0 Å². The van der Waals surface area contributed by atoms with Crippen molar-refractivity contribution in [1.82, 2.24) is 0 Å². The van der Waals surface area contributed by atoms with Crippen LogP contribution in [0.5, 0.6) is 0 Å². The Morgan fingerprint density at radius 3 is 0.727 bits per heavy atom. The molecule has 0 aliphatic carbocycles. The minimum Gasteiger partial charge on any atom is -2.00 e. The van der Waals surface area contributed by atoms with Crippen molar-refractivity contribution in [2.45, 2.75) is 0 Å².